The topological polar surface area (TPSA) is 60.9 Å². The summed E-state index contributed by atoms with van der Waals surface area (Å²) in [7, 11) is 0. The molecule has 1 unspecified atom stereocenters. The van der Waals surface area contributed by atoms with Crippen molar-refractivity contribution < 1.29 is 0 Å². The number of nitrogens with zero attached hydrogens (tertiary/aromatic N) is 2. The molecule has 1 aromatic heterocycles. The zero-order valence-electron chi connectivity index (χ0n) is 8.14. The van der Waals surface area contributed by atoms with E-state index in [1.54, 1.807) is 25.1 Å². The van der Waals surface area contributed by atoms with Gasteiger partial charge in [0.25, 0.3) is 5.56 Å². The van der Waals surface area contributed by atoms with Crippen LogP contribution < -0.4 is 11.3 Å². The van der Waals surface area contributed by atoms with Crippen molar-refractivity contribution in [1.29, 1.82) is 0 Å². The number of halogens is 1. The normalized spacial score (nSPS) is 13.0. The van der Waals surface area contributed by atoms with Crippen molar-refractivity contribution >= 4 is 22.5 Å². The second kappa shape index (κ2) is 3.64. The molecule has 0 aliphatic rings. The monoisotopic (exact) mass is 223 g/mol. The van der Waals surface area contributed by atoms with Gasteiger partial charge in [-0.15, -0.1) is 0 Å². The molecule has 0 fully saturated rings. The second-order valence-corrected chi connectivity index (χ2v) is 3.74. The third kappa shape index (κ3) is 1.62. The van der Waals surface area contributed by atoms with Gasteiger partial charge >= 0.3 is 0 Å². The first-order valence-corrected chi connectivity index (χ1v) is 4.90. The van der Waals surface area contributed by atoms with Crippen LogP contribution in [0, 0.1) is 0 Å². The molecule has 0 amide bonds. The molecule has 2 rings (SSSR count). The van der Waals surface area contributed by atoms with Crippen LogP contribution in [0.5, 0.6) is 0 Å². The molecule has 78 valence electrons. The van der Waals surface area contributed by atoms with Crippen LogP contribution in [0.1, 0.15) is 13.1 Å². The minimum absolute atomic E-state index is 0.208. The number of aromatic nitrogens is 2. The number of benzene rings is 1. The molecule has 0 radical (unpaired) electrons. The van der Waals surface area contributed by atoms with Crippen molar-refractivity contribution in [1.82, 2.24) is 9.55 Å². The molecule has 2 aromatic rings. The van der Waals surface area contributed by atoms with E-state index in [-0.39, 0.29) is 5.56 Å². The third-order valence-corrected chi connectivity index (χ3v) is 2.51. The Hall–Kier alpha value is -1.39. The highest BCUT2D eigenvalue weighted by atomic mass is 35.5. The van der Waals surface area contributed by atoms with Crippen LogP contribution in [0.25, 0.3) is 10.9 Å². The predicted molar refractivity (Wildman–Crippen MR) is 59.9 cm³/mol. The number of hydrogen-bond donors (Lipinski definition) is 1. The molecule has 0 bridgehead atoms. The van der Waals surface area contributed by atoms with Crippen molar-refractivity contribution in [2.24, 2.45) is 5.73 Å². The molecule has 2 N–H and O–H groups in total. The van der Waals surface area contributed by atoms with E-state index in [9.17, 15) is 4.79 Å². The Bertz CT molecular complexity index is 562. The summed E-state index contributed by atoms with van der Waals surface area (Å²) in [5.74, 6) is 0. The summed E-state index contributed by atoms with van der Waals surface area (Å²) in [6, 6.07) is 5.17. The molecule has 0 aliphatic carbocycles. The average Bonchev–Trinajstić information content (AvgIpc) is 2.17. The van der Waals surface area contributed by atoms with Gasteiger partial charge < -0.3 is 5.73 Å². The Kier molecular flexibility index (Phi) is 2.46. The van der Waals surface area contributed by atoms with Crippen molar-refractivity contribution in [3.05, 3.63) is 39.9 Å². The summed E-state index contributed by atoms with van der Waals surface area (Å²) in [5.41, 5.74) is 6.02. The minimum atomic E-state index is -0.411. The quantitative estimate of drug-likeness (QED) is 0.798. The lowest BCUT2D eigenvalue weighted by atomic mass is 10.2. The molecule has 0 saturated carbocycles. The SMILES string of the molecule is CC(N)n1cnc2cccc(Cl)c2c1=O. The van der Waals surface area contributed by atoms with E-state index in [0.717, 1.165) is 0 Å². The summed E-state index contributed by atoms with van der Waals surface area (Å²) < 4.78 is 1.36. The predicted octanol–water partition coefficient (Wildman–Crippen LogP) is 1.53. The first-order chi connectivity index (χ1) is 7.11. The van der Waals surface area contributed by atoms with E-state index < -0.39 is 6.17 Å². The van der Waals surface area contributed by atoms with Crippen molar-refractivity contribution in [2.45, 2.75) is 13.1 Å². The molecule has 0 saturated heterocycles. The first kappa shape index (κ1) is 10.1. The van der Waals surface area contributed by atoms with Crippen LogP contribution in [0.2, 0.25) is 5.02 Å². The van der Waals surface area contributed by atoms with Gasteiger partial charge in [0.05, 0.1) is 28.4 Å². The summed E-state index contributed by atoms with van der Waals surface area (Å²) in [4.78, 5) is 16.1. The summed E-state index contributed by atoms with van der Waals surface area (Å²) in [6.07, 6.45) is 1.02. The van der Waals surface area contributed by atoms with E-state index in [2.05, 4.69) is 4.98 Å². The number of hydrogen-bond acceptors (Lipinski definition) is 3. The van der Waals surface area contributed by atoms with Crippen LogP contribution in [-0.2, 0) is 0 Å². The summed E-state index contributed by atoms with van der Waals surface area (Å²) in [6.45, 7) is 1.71. The lowest BCUT2D eigenvalue weighted by molar-refractivity contribution is 0.547. The zero-order chi connectivity index (χ0) is 11.0. The van der Waals surface area contributed by atoms with E-state index in [0.29, 0.717) is 15.9 Å². The zero-order valence-corrected chi connectivity index (χ0v) is 8.90. The summed E-state index contributed by atoms with van der Waals surface area (Å²) in [5, 5.41) is 0.818. The van der Waals surface area contributed by atoms with Gasteiger partial charge in [-0.1, -0.05) is 17.7 Å². The van der Waals surface area contributed by atoms with Gasteiger partial charge in [0, 0.05) is 0 Å². The maximum absolute atomic E-state index is 11.9. The smallest absolute Gasteiger partial charge is 0.264 e. The van der Waals surface area contributed by atoms with Crippen molar-refractivity contribution in [2.75, 3.05) is 0 Å². The Morgan fingerprint density at radius 1 is 1.53 bits per heavy atom. The van der Waals surface area contributed by atoms with Crippen molar-refractivity contribution in [3.8, 4) is 0 Å². The van der Waals surface area contributed by atoms with Gasteiger partial charge in [-0.25, -0.2) is 4.98 Å². The highest BCUT2D eigenvalue weighted by Crippen LogP contribution is 2.17. The van der Waals surface area contributed by atoms with Crippen LogP contribution in [-0.4, -0.2) is 9.55 Å². The lowest BCUT2D eigenvalue weighted by Gasteiger charge is -2.09. The molecule has 0 spiro atoms. The Labute approximate surface area is 91.3 Å². The molecule has 5 heteroatoms. The van der Waals surface area contributed by atoms with E-state index in [4.69, 9.17) is 17.3 Å². The Morgan fingerprint density at radius 2 is 2.27 bits per heavy atom. The fourth-order valence-electron chi connectivity index (χ4n) is 1.43. The summed E-state index contributed by atoms with van der Waals surface area (Å²) >= 11 is 5.94. The second-order valence-electron chi connectivity index (χ2n) is 3.33. The van der Waals surface area contributed by atoms with Gasteiger partial charge in [-0.2, -0.15) is 0 Å². The van der Waals surface area contributed by atoms with Crippen LogP contribution in [0.15, 0.2) is 29.3 Å². The van der Waals surface area contributed by atoms with Gasteiger partial charge in [-0.05, 0) is 19.1 Å². The first-order valence-electron chi connectivity index (χ1n) is 4.52. The molecular weight excluding hydrogens is 214 g/mol. The number of nitrogens with two attached hydrogens (primary N) is 1. The van der Waals surface area contributed by atoms with Crippen LogP contribution >= 0.6 is 11.6 Å². The van der Waals surface area contributed by atoms with Crippen LogP contribution in [0.3, 0.4) is 0 Å². The molecule has 1 atom stereocenters. The van der Waals surface area contributed by atoms with E-state index in [1.165, 1.54) is 10.9 Å². The van der Waals surface area contributed by atoms with Gasteiger partial charge in [-0.3, -0.25) is 9.36 Å². The van der Waals surface area contributed by atoms with Crippen molar-refractivity contribution in [3.63, 3.8) is 0 Å². The van der Waals surface area contributed by atoms with Gasteiger partial charge in [0.15, 0.2) is 0 Å². The highest BCUT2D eigenvalue weighted by Gasteiger charge is 2.08. The standard InChI is InChI=1S/C10H10ClN3O/c1-6(12)14-5-13-8-4-2-3-7(11)9(8)10(14)15/h2-6H,12H2,1H3. The highest BCUT2D eigenvalue weighted by molar-refractivity contribution is 6.35. The molecule has 0 aliphatic heterocycles. The largest absolute Gasteiger partial charge is 0.311 e. The van der Waals surface area contributed by atoms with Crippen LogP contribution in [0.4, 0.5) is 0 Å². The fourth-order valence-corrected chi connectivity index (χ4v) is 1.68. The molecule has 1 heterocycles. The van der Waals surface area contributed by atoms with E-state index in [1.807, 2.05) is 0 Å². The molecule has 1 aromatic carbocycles. The minimum Gasteiger partial charge on any atom is -0.311 e. The van der Waals surface area contributed by atoms with E-state index >= 15 is 0 Å². The Morgan fingerprint density at radius 3 is 2.93 bits per heavy atom. The number of fused-ring (bicyclic) bond motifs is 1. The lowest BCUT2D eigenvalue weighted by Crippen LogP contribution is -2.28. The molecule has 4 nitrogen and oxygen atoms in total. The van der Waals surface area contributed by atoms with Gasteiger partial charge in [0.1, 0.15) is 0 Å². The average molecular weight is 224 g/mol. The third-order valence-electron chi connectivity index (χ3n) is 2.20. The maximum atomic E-state index is 11.9. The fraction of sp³-hybridized carbons (Fsp3) is 0.200. The molecule has 15 heavy (non-hydrogen) atoms. The van der Waals surface area contributed by atoms with Gasteiger partial charge in [0.2, 0.25) is 0 Å². The maximum Gasteiger partial charge on any atom is 0.264 e. The number of rotatable bonds is 1. The molecular formula is C10H10ClN3O. The Balaban J connectivity index is 2.90.